The quantitative estimate of drug-likeness (QED) is 0.0197. The Balaban J connectivity index is 4.83. The number of hydrogen-bond acceptors (Lipinski definition) is 10. The molecule has 0 aliphatic carbocycles. The SMILES string of the molecule is CC/C=C\C/C=C\C/C=C\C/C=C\C/C=C\CCCC(=O)OC(COC(=O)CCCCCCC/C=C\C/C=C\CCCCC)COP(=O)(O)OCC(CO)OC(=O)CCCCCCCCC/C=C\C/C=C\C/C=C\CC. The van der Waals surface area contributed by atoms with Gasteiger partial charge in [0.15, 0.2) is 6.10 Å². The Morgan fingerprint density at radius 1 is 0.382 bits per heavy atom. The molecule has 432 valence electrons. The second-order valence-corrected chi connectivity index (χ2v) is 20.5. The van der Waals surface area contributed by atoms with Gasteiger partial charge in [0.25, 0.3) is 0 Å². The first-order valence-corrected chi connectivity index (χ1v) is 30.9. The zero-order valence-electron chi connectivity index (χ0n) is 47.7. The summed E-state index contributed by atoms with van der Waals surface area (Å²) in [6, 6.07) is 0. The van der Waals surface area contributed by atoms with Crippen molar-refractivity contribution in [1.29, 1.82) is 0 Å². The highest BCUT2D eigenvalue weighted by Gasteiger charge is 2.28. The van der Waals surface area contributed by atoms with Crippen LogP contribution >= 0.6 is 7.82 Å². The molecule has 0 fully saturated rings. The minimum atomic E-state index is -4.78. The van der Waals surface area contributed by atoms with Crippen LogP contribution in [-0.2, 0) is 42.2 Å². The van der Waals surface area contributed by atoms with Gasteiger partial charge >= 0.3 is 25.7 Å². The molecule has 76 heavy (non-hydrogen) atoms. The second-order valence-electron chi connectivity index (χ2n) is 19.0. The number of esters is 3. The van der Waals surface area contributed by atoms with Gasteiger partial charge in [0.05, 0.1) is 19.8 Å². The lowest BCUT2D eigenvalue weighted by Crippen LogP contribution is -2.30. The minimum absolute atomic E-state index is 0.0796. The van der Waals surface area contributed by atoms with Crippen molar-refractivity contribution in [2.75, 3.05) is 26.4 Å². The summed E-state index contributed by atoms with van der Waals surface area (Å²) < 4.78 is 39.5. The maximum absolute atomic E-state index is 12.9. The number of phosphoric acid groups is 1. The molecule has 3 atom stereocenters. The average Bonchev–Trinajstić information content (AvgIpc) is 3.41. The van der Waals surface area contributed by atoms with E-state index in [-0.39, 0.29) is 25.9 Å². The molecule has 0 saturated carbocycles. The number of hydrogen-bond donors (Lipinski definition) is 2. The summed E-state index contributed by atoms with van der Waals surface area (Å²) in [4.78, 5) is 48.6. The fraction of sp³-hybridized carbons (Fsp3) is 0.641. The maximum Gasteiger partial charge on any atom is 0.472 e. The van der Waals surface area contributed by atoms with Crippen molar-refractivity contribution >= 4 is 25.7 Å². The lowest BCUT2D eigenvalue weighted by molar-refractivity contribution is -0.161. The minimum Gasteiger partial charge on any atom is -0.462 e. The Morgan fingerprint density at radius 3 is 1.11 bits per heavy atom. The number of carbonyl (C=O) groups is 3. The van der Waals surface area contributed by atoms with Gasteiger partial charge in [-0.25, -0.2) is 4.57 Å². The number of aliphatic hydroxyl groups excluding tert-OH is 1. The number of rotatable bonds is 53. The van der Waals surface area contributed by atoms with Gasteiger partial charge in [0.2, 0.25) is 0 Å². The van der Waals surface area contributed by atoms with Crippen molar-refractivity contribution in [3.63, 3.8) is 0 Å². The van der Waals surface area contributed by atoms with Crippen LogP contribution in [0.4, 0.5) is 0 Å². The van der Waals surface area contributed by atoms with E-state index in [4.69, 9.17) is 23.3 Å². The Labute approximate surface area is 462 Å². The Bertz CT molecular complexity index is 1740. The fourth-order valence-electron chi connectivity index (χ4n) is 7.44. The number of carbonyl (C=O) groups excluding carboxylic acids is 3. The van der Waals surface area contributed by atoms with Gasteiger partial charge in [-0.15, -0.1) is 0 Å². The smallest absolute Gasteiger partial charge is 0.462 e. The van der Waals surface area contributed by atoms with Crippen LogP contribution in [0.1, 0.15) is 226 Å². The van der Waals surface area contributed by atoms with Gasteiger partial charge in [-0.05, 0) is 122 Å². The van der Waals surface area contributed by atoms with E-state index in [1.807, 2.05) is 12.2 Å². The molecular weight excluding hydrogens is 976 g/mol. The lowest BCUT2D eigenvalue weighted by Gasteiger charge is -2.21. The summed E-state index contributed by atoms with van der Waals surface area (Å²) in [5.74, 6) is -1.57. The molecule has 0 aliphatic heterocycles. The maximum atomic E-state index is 12.9. The topological polar surface area (TPSA) is 155 Å². The zero-order valence-corrected chi connectivity index (χ0v) is 48.6. The Morgan fingerprint density at radius 2 is 0.697 bits per heavy atom. The molecule has 2 N–H and O–H groups in total. The van der Waals surface area contributed by atoms with Crippen LogP contribution in [0.3, 0.4) is 0 Å². The Hall–Kier alpha value is -4.12. The predicted molar refractivity (Wildman–Crippen MR) is 316 cm³/mol. The van der Waals surface area contributed by atoms with Crippen molar-refractivity contribution in [2.24, 2.45) is 0 Å². The zero-order chi connectivity index (χ0) is 55.5. The third-order valence-electron chi connectivity index (χ3n) is 11.8. The molecule has 0 aromatic heterocycles. The van der Waals surface area contributed by atoms with E-state index >= 15 is 0 Å². The summed E-state index contributed by atoms with van der Waals surface area (Å²) in [5, 5.41) is 9.83. The molecule has 11 nitrogen and oxygen atoms in total. The largest absolute Gasteiger partial charge is 0.472 e. The van der Waals surface area contributed by atoms with E-state index in [9.17, 15) is 28.9 Å². The van der Waals surface area contributed by atoms with Gasteiger partial charge in [0.1, 0.15) is 12.7 Å². The van der Waals surface area contributed by atoms with Crippen LogP contribution < -0.4 is 0 Å². The highest BCUT2D eigenvalue weighted by atomic mass is 31.2. The van der Waals surface area contributed by atoms with Crippen molar-refractivity contribution in [3.05, 3.63) is 122 Å². The van der Waals surface area contributed by atoms with Gasteiger partial charge in [-0.2, -0.15) is 0 Å². The summed E-state index contributed by atoms with van der Waals surface area (Å²) in [5.41, 5.74) is 0. The summed E-state index contributed by atoms with van der Waals surface area (Å²) >= 11 is 0. The highest BCUT2D eigenvalue weighted by Crippen LogP contribution is 2.43. The second kappa shape index (κ2) is 57.1. The number of allylic oxidation sites excluding steroid dienone is 20. The van der Waals surface area contributed by atoms with Crippen LogP contribution in [0.2, 0.25) is 0 Å². The summed E-state index contributed by atoms with van der Waals surface area (Å²) in [7, 11) is -4.78. The predicted octanol–water partition coefficient (Wildman–Crippen LogP) is 17.6. The molecule has 0 aliphatic rings. The number of phosphoric ester groups is 1. The standard InChI is InChI=1S/C64H105O11P/c1-4-7-10-13-16-19-22-25-28-30-33-36-39-42-45-48-51-54-63(67)74-60(56-65)58-72-76(69,70)73-59-61(57-71-62(66)53-50-47-44-41-38-35-32-27-24-21-18-15-12-9-6-3)75-64(68)55-52-49-46-43-40-37-34-31-29-26-23-20-17-14-11-8-5-2/h7-8,10-11,16-21,25-29,32,34,37,43,46,60-61,65H,4-6,9,12-15,22-24,30-31,33,35-36,38-42,44-45,47-59H2,1-3H3,(H,69,70)/b10-7-,11-8-,19-16-,20-17-,21-18-,28-25-,29-26-,32-27-,37-34-,46-43-. The van der Waals surface area contributed by atoms with Crippen LogP contribution in [0, 0.1) is 0 Å². The van der Waals surface area contributed by atoms with Crippen LogP contribution in [0.25, 0.3) is 0 Å². The molecule has 0 bridgehead atoms. The molecule has 0 aromatic rings. The number of unbranched alkanes of at least 4 members (excludes halogenated alkanes) is 16. The third kappa shape index (κ3) is 54.7. The number of ether oxygens (including phenoxy) is 3. The van der Waals surface area contributed by atoms with E-state index in [1.165, 1.54) is 25.7 Å². The molecule has 0 radical (unpaired) electrons. The first-order chi connectivity index (χ1) is 37.2. The third-order valence-corrected chi connectivity index (χ3v) is 12.8. The van der Waals surface area contributed by atoms with E-state index in [0.717, 1.165) is 135 Å². The van der Waals surface area contributed by atoms with Gasteiger partial charge in [-0.1, -0.05) is 206 Å². The molecule has 12 heteroatoms. The molecule has 0 rings (SSSR count). The normalized spacial score (nSPS) is 14.2. The first-order valence-electron chi connectivity index (χ1n) is 29.4. The molecule has 3 unspecified atom stereocenters. The fourth-order valence-corrected chi connectivity index (χ4v) is 8.22. The molecule has 0 spiro atoms. The first kappa shape index (κ1) is 71.9. The van der Waals surface area contributed by atoms with Crippen molar-refractivity contribution in [1.82, 2.24) is 0 Å². The Kier molecular flexibility index (Phi) is 54.0. The van der Waals surface area contributed by atoms with Gasteiger partial charge in [0, 0.05) is 19.3 Å². The van der Waals surface area contributed by atoms with E-state index < -0.39 is 57.8 Å². The van der Waals surface area contributed by atoms with Gasteiger partial charge in [-0.3, -0.25) is 23.4 Å². The molecule has 0 aromatic carbocycles. The molecule has 0 amide bonds. The van der Waals surface area contributed by atoms with Crippen molar-refractivity contribution < 1.29 is 52.2 Å². The molecule has 0 heterocycles. The van der Waals surface area contributed by atoms with Crippen molar-refractivity contribution in [3.8, 4) is 0 Å². The van der Waals surface area contributed by atoms with Crippen LogP contribution in [0.5, 0.6) is 0 Å². The molecular formula is C64H105O11P. The van der Waals surface area contributed by atoms with Crippen LogP contribution in [-0.4, -0.2) is 66.5 Å². The lowest BCUT2D eigenvalue weighted by atomic mass is 10.1. The van der Waals surface area contributed by atoms with E-state index in [2.05, 4.69) is 130 Å². The highest BCUT2D eigenvalue weighted by molar-refractivity contribution is 7.47. The van der Waals surface area contributed by atoms with Crippen molar-refractivity contribution in [2.45, 2.75) is 238 Å². The van der Waals surface area contributed by atoms with E-state index in [0.29, 0.717) is 25.7 Å². The molecule has 0 saturated heterocycles. The summed E-state index contributed by atoms with van der Waals surface area (Å²) in [6.07, 6.45) is 70.1. The van der Waals surface area contributed by atoms with E-state index in [1.54, 1.807) is 0 Å². The number of aliphatic hydroxyl groups is 1. The average molecular weight is 1080 g/mol. The van der Waals surface area contributed by atoms with Crippen LogP contribution in [0.15, 0.2) is 122 Å². The summed E-state index contributed by atoms with van der Waals surface area (Å²) in [6.45, 7) is 4.29. The van der Waals surface area contributed by atoms with Gasteiger partial charge < -0.3 is 24.2 Å². The monoisotopic (exact) mass is 1080 g/mol.